The molecule has 0 aliphatic rings. The fourth-order valence-electron chi connectivity index (χ4n) is 2.43. The van der Waals surface area contributed by atoms with Gasteiger partial charge < -0.3 is 21.4 Å². The van der Waals surface area contributed by atoms with Gasteiger partial charge in [-0.05, 0) is 30.7 Å². The number of nitrogens with zero attached hydrogens (tertiary/aromatic N) is 4. The van der Waals surface area contributed by atoms with E-state index in [0.29, 0.717) is 12.2 Å². The summed E-state index contributed by atoms with van der Waals surface area (Å²) in [6, 6.07) is 15.5. The van der Waals surface area contributed by atoms with Crippen LogP contribution >= 0.6 is 0 Å². The molecule has 5 N–H and O–H groups in total. The standard InChI is InChI=1S/C19H21N7/c1-14-11-26(13-24-14)18-8-7-16(9-17(18)20)25-19(21)23-12-22-10-15-5-3-2-4-6-15/h2-9,11-13H,10,20H2,1H3,(H3,21,22,23,25). The molecule has 1 heterocycles. The average Bonchev–Trinajstić information content (AvgIpc) is 3.06. The smallest absolute Gasteiger partial charge is 0.199 e. The normalized spacial score (nSPS) is 11.8. The quantitative estimate of drug-likeness (QED) is 0.375. The number of aromatic nitrogens is 2. The van der Waals surface area contributed by atoms with Crippen LogP contribution in [-0.2, 0) is 6.54 Å². The van der Waals surface area contributed by atoms with E-state index in [2.05, 4.69) is 20.3 Å². The second-order valence-corrected chi connectivity index (χ2v) is 5.78. The molecule has 2 aromatic carbocycles. The summed E-state index contributed by atoms with van der Waals surface area (Å²) in [5, 5.41) is 3.00. The summed E-state index contributed by atoms with van der Waals surface area (Å²) in [6.07, 6.45) is 5.09. The van der Waals surface area contributed by atoms with Gasteiger partial charge in [-0.1, -0.05) is 30.3 Å². The third-order valence-electron chi connectivity index (χ3n) is 3.68. The van der Waals surface area contributed by atoms with Crippen molar-refractivity contribution in [3.63, 3.8) is 0 Å². The minimum Gasteiger partial charge on any atom is -0.397 e. The Morgan fingerprint density at radius 2 is 2.04 bits per heavy atom. The van der Waals surface area contributed by atoms with Crippen LogP contribution in [0.1, 0.15) is 11.3 Å². The Bertz CT molecular complexity index is 926. The number of rotatable bonds is 5. The monoisotopic (exact) mass is 347 g/mol. The average molecular weight is 347 g/mol. The molecule has 0 radical (unpaired) electrons. The van der Waals surface area contributed by atoms with Gasteiger partial charge >= 0.3 is 0 Å². The van der Waals surface area contributed by atoms with Crippen LogP contribution in [-0.4, -0.2) is 21.8 Å². The van der Waals surface area contributed by atoms with Crippen molar-refractivity contribution in [2.24, 2.45) is 15.7 Å². The zero-order valence-corrected chi connectivity index (χ0v) is 14.5. The van der Waals surface area contributed by atoms with E-state index >= 15 is 0 Å². The molecule has 132 valence electrons. The lowest BCUT2D eigenvalue weighted by Gasteiger charge is -2.10. The van der Waals surface area contributed by atoms with Crippen LogP contribution in [0.4, 0.5) is 11.4 Å². The van der Waals surface area contributed by atoms with E-state index in [-0.39, 0.29) is 5.96 Å². The van der Waals surface area contributed by atoms with Crippen LogP contribution in [0.15, 0.2) is 71.0 Å². The molecule has 0 amide bonds. The Morgan fingerprint density at radius 3 is 2.73 bits per heavy atom. The topological polar surface area (TPSA) is 107 Å². The predicted octanol–water partition coefficient (Wildman–Crippen LogP) is 2.72. The summed E-state index contributed by atoms with van der Waals surface area (Å²) in [4.78, 5) is 12.5. The molecule has 0 aliphatic carbocycles. The number of aliphatic imine (C=N–C) groups is 2. The summed E-state index contributed by atoms with van der Waals surface area (Å²) >= 11 is 0. The van der Waals surface area contributed by atoms with E-state index in [9.17, 15) is 0 Å². The van der Waals surface area contributed by atoms with Crippen molar-refractivity contribution in [2.45, 2.75) is 13.5 Å². The second-order valence-electron chi connectivity index (χ2n) is 5.78. The van der Waals surface area contributed by atoms with E-state index in [0.717, 1.165) is 22.6 Å². The third-order valence-corrected chi connectivity index (χ3v) is 3.68. The highest BCUT2D eigenvalue weighted by atomic mass is 15.1. The first-order chi connectivity index (χ1) is 12.6. The van der Waals surface area contributed by atoms with E-state index in [1.54, 1.807) is 12.4 Å². The number of benzene rings is 2. The highest BCUT2D eigenvalue weighted by Gasteiger charge is 2.04. The Hall–Kier alpha value is -3.61. The molecule has 1 aromatic heterocycles. The zero-order chi connectivity index (χ0) is 18.4. The molecule has 0 saturated carbocycles. The number of nitrogens with one attached hydrogen (secondary N) is 1. The molecule has 0 fully saturated rings. The van der Waals surface area contributed by atoms with E-state index < -0.39 is 0 Å². The molecule has 0 unspecified atom stereocenters. The van der Waals surface area contributed by atoms with Gasteiger partial charge in [-0.3, -0.25) is 4.99 Å². The number of aryl methyl sites for hydroxylation is 1. The van der Waals surface area contributed by atoms with Crippen LogP contribution in [0.2, 0.25) is 0 Å². The lowest BCUT2D eigenvalue weighted by molar-refractivity contribution is 1.06. The van der Waals surface area contributed by atoms with E-state index in [1.165, 1.54) is 6.34 Å². The number of guanidine groups is 1. The lowest BCUT2D eigenvalue weighted by Crippen LogP contribution is -2.22. The highest BCUT2D eigenvalue weighted by Crippen LogP contribution is 2.21. The molecule has 0 spiro atoms. The maximum Gasteiger partial charge on any atom is 0.199 e. The minimum absolute atomic E-state index is 0.243. The summed E-state index contributed by atoms with van der Waals surface area (Å²) in [5.74, 6) is 0.243. The van der Waals surface area contributed by atoms with Gasteiger partial charge in [0.25, 0.3) is 0 Å². The van der Waals surface area contributed by atoms with Gasteiger partial charge in [0.2, 0.25) is 0 Å². The van der Waals surface area contributed by atoms with Crippen LogP contribution < -0.4 is 16.8 Å². The van der Waals surface area contributed by atoms with Crippen molar-refractivity contribution in [3.8, 4) is 5.69 Å². The maximum atomic E-state index is 6.13. The lowest BCUT2D eigenvalue weighted by atomic mass is 10.2. The summed E-state index contributed by atoms with van der Waals surface area (Å²) in [6.45, 7) is 2.49. The highest BCUT2D eigenvalue weighted by molar-refractivity contribution is 5.97. The molecule has 7 nitrogen and oxygen atoms in total. The first-order valence-corrected chi connectivity index (χ1v) is 8.15. The largest absolute Gasteiger partial charge is 0.397 e. The van der Waals surface area contributed by atoms with Gasteiger partial charge in [0, 0.05) is 11.9 Å². The van der Waals surface area contributed by atoms with Gasteiger partial charge in [-0.25, -0.2) is 9.98 Å². The van der Waals surface area contributed by atoms with Crippen molar-refractivity contribution in [1.29, 1.82) is 0 Å². The van der Waals surface area contributed by atoms with Crippen molar-refractivity contribution in [3.05, 3.63) is 72.3 Å². The fraction of sp³-hybridized carbons (Fsp3) is 0.105. The summed E-state index contributed by atoms with van der Waals surface area (Å²) in [7, 11) is 0. The molecule has 3 aromatic rings. The molecular weight excluding hydrogens is 326 g/mol. The van der Waals surface area contributed by atoms with Crippen molar-refractivity contribution < 1.29 is 0 Å². The SMILES string of the molecule is Cc1cn(-c2ccc(NC(N)=NC=NCc3ccccc3)cc2N)cn1. The molecule has 0 bridgehead atoms. The molecule has 26 heavy (non-hydrogen) atoms. The van der Waals surface area contributed by atoms with Crippen LogP contribution in [0, 0.1) is 6.92 Å². The van der Waals surface area contributed by atoms with Crippen LogP contribution in [0.3, 0.4) is 0 Å². The van der Waals surface area contributed by atoms with Crippen LogP contribution in [0.5, 0.6) is 0 Å². The van der Waals surface area contributed by atoms with Gasteiger partial charge in [-0.2, -0.15) is 0 Å². The van der Waals surface area contributed by atoms with Gasteiger partial charge in [0.05, 0.1) is 29.9 Å². The fourth-order valence-corrected chi connectivity index (χ4v) is 2.43. The maximum absolute atomic E-state index is 6.13. The van der Waals surface area contributed by atoms with Gasteiger partial charge in [0.15, 0.2) is 5.96 Å². The number of anilines is 2. The Kier molecular flexibility index (Phi) is 5.28. The first-order valence-electron chi connectivity index (χ1n) is 8.15. The minimum atomic E-state index is 0.243. The Morgan fingerprint density at radius 1 is 1.23 bits per heavy atom. The summed E-state index contributed by atoms with van der Waals surface area (Å²) < 4.78 is 1.88. The first kappa shape index (κ1) is 17.2. The Balaban J connectivity index is 1.62. The molecule has 0 saturated heterocycles. The Labute approximate surface area is 152 Å². The van der Waals surface area contributed by atoms with Crippen LogP contribution in [0.25, 0.3) is 5.69 Å². The van der Waals surface area contributed by atoms with Crippen molar-refractivity contribution >= 4 is 23.7 Å². The van der Waals surface area contributed by atoms with E-state index in [4.69, 9.17) is 11.5 Å². The van der Waals surface area contributed by atoms with Crippen molar-refractivity contribution in [2.75, 3.05) is 11.1 Å². The molecule has 7 heteroatoms. The zero-order valence-electron chi connectivity index (χ0n) is 14.5. The van der Waals surface area contributed by atoms with Gasteiger partial charge in [-0.15, -0.1) is 0 Å². The second kappa shape index (κ2) is 7.98. The number of hydrogen-bond donors (Lipinski definition) is 3. The van der Waals surface area contributed by atoms with Gasteiger partial charge in [0.1, 0.15) is 6.34 Å². The number of hydrogen-bond acceptors (Lipinski definition) is 3. The van der Waals surface area contributed by atoms with E-state index in [1.807, 2.05) is 60.2 Å². The third kappa shape index (κ3) is 4.47. The molecule has 0 atom stereocenters. The number of imidazole rings is 1. The molecular formula is C19H21N7. The number of nitrogens with two attached hydrogens (primary N) is 2. The molecule has 0 aliphatic heterocycles. The molecule has 3 rings (SSSR count). The van der Waals surface area contributed by atoms with Crippen molar-refractivity contribution in [1.82, 2.24) is 9.55 Å². The summed E-state index contributed by atoms with van der Waals surface area (Å²) in [5.41, 5.74) is 16.3. The number of nitrogen functional groups attached to an aromatic ring is 1. The predicted molar refractivity (Wildman–Crippen MR) is 107 cm³/mol.